The van der Waals surface area contributed by atoms with Gasteiger partial charge >= 0.3 is 0 Å². The molecule has 0 aliphatic carbocycles. The second-order valence-corrected chi connectivity index (χ2v) is 4.91. The molecule has 1 aromatic rings. The van der Waals surface area contributed by atoms with Crippen molar-refractivity contribution in [2.75, 3.05) is 20.1 Å². The number of likely N-dealkylation sites (N-methyl/N-ethyl adjacent to an activating group) is 1. The van der Waals surface area contributed by atoms with Crippen molar-refractivity contribution in [3.05, 3.63) is 29.8 Å². The standard InChI is InChI=1S/C14H20N2O3/c1-10(2)8-15-13(18)9-16(3)14(19)11-5-4-6-12(17)7-11/h4-7,10,17H,8-9H2,1-3H3,(H,15,18). The van der Waals surface area contributed by atoms with Crippen molar-refractivity contribution in [2.24, 2.45) is 5.92 Å². The normalized spacial score (nSPS) is 10.3. The zero-order valence-corrected chi connectivity index (χ0v) is 11.5. The Hall–Kier alpha value is -2.04. The molecule has 2 amide bonds. The van der Waals surface area contributed by atoms with Gasteiger partial charge in [-0.2, -0.15) is 0 Å². The van der Waals surface area contributed by atoms with Crippen molar-refractivity contribution in [3.8, 4) is 5.75 Å². The van der Waals surface area contributed by atoms with Gasteiger partial charge in [-0.3, -0.25) is 9.59 Å². The topological polar surface area (TPSA) is 69.6 Å². The number of nitrogens with one attached hydrogen (secondary N) is 1. The highest BCUT2D eigenvalue weighted by Crippen LogP contribution is 2.12. The van der Waals surface area contributed by atoms with E-state index in [1.807, 2.05) is 13.8 Å². The molecule has 0 heterocycles. The molecule has 0 unspecified atom stereocenters. The number of rotatable bonds is 5. The van der Waals surface area contributed by atoms with Crippen LogP contribution in [0.15, 0.2) is 24.3 Å². The number of aromatic hydroxyl groups is 1. The second-order valence-electron chi connectivity index (χ2n) is 4.91. The van der Waals surface area contributed by atoms with Crippen LogP contribution in [-0.2, 0) is 4.79 Å². The predicted molar refractivity (Wildman–Crippen MR) is 72.9 cm³/mol. The van der Waals surface area contributed by atoms with Gasteiger partial charge < -0.3 is 15.3 Å². The molecule has 0 saturated heterocycles. The Labute approximate surface area is 113 Å². The average Bonchev–Trinajstić information content (AvgIpc) is 2.35. The Morgan fingerprint density at radius 1 is 1.37 bits per heavy atom. The molecule has 0 aromatic heterocycles. The molecular weight excluding hydrogens is 244 g/mol. The van der Waals surface area contributed by atoms with Gasteiger partial charge in [0.1, 0.15) is 5.75 Å². The van der Waals surface area contributed by atoms with Crippen LogP contribution >= 0.6 is 0 Å². The lowest BCUT2D eigenvalue weighted by Gasteiger charge is -2.17. The minimum atomic E-state index is -0.296. The van der Waals surface area contributed by atoms with Crippen molar-refractivity contribution in [1.29, 1.82) is 0 Å². The molecule has 104 valence electrons. The van der Waals surface area contributed by atoms with Gasteiger partial charge in [-0.1, -0.05) is 19.9 Å². The SMILES string of the molecule is CC(C)CNC(=O)CN(C)C(=O)c1cccc(O)c1. The number of carbonyl (C=O) groups is 2. The van der Waals surface area contributed by atoms with Crippen LogP contribution in [-0.4, -0.2) is 42.0 Å². The summed E-state index contributed by atoms with van der Waals surface area (Å²) in [5.41, 5.74) is 0.360. The van der Waals surface area contributed by atoms with Crippen molar-refractivity contribution in [3.63, 3.8) is 0 Å². The Morgan fingerprint density at radius 3 is 2.63 bits per heavy atom. The van der Waals surface area contributed by atoms with E-state index in [2.05, 4.69) is 5.32 Å². The molecule has 0 atom stereocenters. The summed E-state index contributed by atoms with van der Waals surface area (Å²) in [4.78, 5) is 24.9. The molecule has 0 spiro atoms. The smallest absolute Gasteiger partial charge is 0.254 e. The van der Waals surface area contributed by atoms with Gasteiger partial charge in [-0.25, -0.2) is 0 Å². The van der Waals surface area contributed by atoms with E-state index in [1.165, 1.54) is 17.0 Å². The number of hydrogen-bond acceptors (Lipinski definition) is 3. The molecule has 1 aromatic carbocycles. The van der Waals surface area contributed by atoms with E-state index in [4.69, 9.17) is 0 Å². The number of benzene rings is 1. The minimum Gasteiger partial charge on any atom is -0.508 e. The Morgan fingerprint density at radius 2 is 2.05 bits per heavy atom. The van der Waals surface area contributed by atoms with Crippen LogP contribution in [0.5, 0.6) is 5.75 Å². The minimum absolute atomic E-state index is 0.00120. The van der Waals surface area contributed by atoms with E-state index < -0.39 is 0 Å². The van der Waals surface area contributed by atoms with Crippen LogP contribution in [0.2, 0.25) is 0 Å². The van der Waals surface area contributed by atoms with Crippen LogP contribution in [0.1, 0.15) is 24.2 Å². The lowest BCUT2D eigenvalue weighted by Crippen LogP contribution is -2.39. The fourth-order valence-corrected chi connectivity index (χ4v) is 1.52. The quantitative estimate of drug-likeness (QED) is 0.840. The second kappa shape index (κ2) is 6.78. The number of hydrogen-bond donors (Lipinski definition) is 2. The maximum absolute atomic E-state index is 12.0. The Kier molecular flexibility index (Phi) is 5.36. The van der Waals surface area contributed by atoms with E-state index in [1.54, 1.807) is 19.2 Å². The third kappa shape index (κ3) is 4.99. The number of carbonyl (C=O) groups excluding carboxylic acids is 2. The van der Waals surface area contributed by atoms with Crippen molar-refractivity contribution >= 4 is 11.8 Å². The summed E-state index contributed by atoms with van der Waals surface area (Å²) < 4.78 is 0. The fourth-order valence-electron chi connectivity index (χ4n) is 1.52. The number of nitrogens with zero attached hydrogens (tertiary/aromatic N) is 1. The lowest BCUT2D eigenvalue weighted by molar-refractivity contribution is -0.121. The van der Waals surface area contributed by atoms with Crippen molar-refractivity contribution in [2.45, 2.75) is 13.8 Å². The number of phenolic OH excluding ortho intramolecular Hbond substituents is 1. The van der Waals surface area contributed by atoms with E-state index in [9.17, 15) is 14.7 Å². The van der Waals surface area contributed by atoms with Crippen LogP contribution in [0.4, 0.5) is 0 Å². The van der Waals surface area contributed by atoms with Crippen molar-refractivity contribution in [1.82, 2.24) is 10.2 Å². The molecule has 0 radical (unpaired) electrons. The average molecular weight is 264 g/mol. The molecule has 0 bridgehead atoms. The summed E-state index contributed by atoms with van der Waals surface area (Å²) in [6, 6.07) is 6.07. The summed E-state index contributed by atoms with van der Waals surface area (Å²) in [6.45, 7) is 4.60. The van der Waals surface area contributed by atoms with Crippen LogP contribution in [0.25, 0.3) is 0 Å². The maximum Gasteiger partial charge on any atom is 0.254 e. The molecule has 0 saturated carbocycles. The van der Waals surface area contributed by atoms with Gasteiger partial charge in [0, 0.05) is 19.2 Å². The molecule has 0 aliphatic heterocycles. The largest absolute Gasteiger partial charge is 0.508 e. The summed E-state index contributed by atoms with van der Waals surface area (Å²) >= 11 is 0. The third-order valence-corrected chi connectivity index (χ3v) is 2.53. The highest BCUT2D eigenvalue weighted by Gasteiger charge is 2.15. The molecule has 5 heteroatoms. The first kappa shape index (κ1) is 15.0. The lowest BCUT2D eigenvalue weighted by atomic mass is 10.2. The summed E-state index contributed by atoms with van der Waals surface area (Å²) in [5.74, 6) is -0.0835. The fraction of sp³-hybridized carbons (Fsp3) is 0.429. The maximum atomic E-state index is 12.0. The van der Waals surface area contributed by atoms with Gasteiger partial charge in [0.25, 0.3) is 5.91 Å². The van der Waals surface area contributed by atoms with Gasteiger partial charge in [0.05, 0.1) is 6.54 Å². The first-order valence-electron chi connectivity index (χ1n) is 6.21. The van der Waals surface area contributed by atoms with Gasteiger partial charge in [-0.15, -0.1) is 0 Å². The highest BCUT2D eigenvalue weighted by atomic mass is 16.3. The van der Waals surface area contributed by atoms with Gasteiger partial charge in [-0.05, 0) is 24.1 Å². The Balaban J connectivity index is 2.55. The van der Waals surface area contributed by atoms with Crippen molar-refractivity contribution < 1.29 is 14.7 Å². The molecule has 5 nitrogen and oxygen atoms in total. The van der Waals surface area contributed by atoms with E-state index in [0.717, 1.165) is 0 Å². The summed E-state index contributed by atoms with van der Waals surface area (Å²) in [6.07, 6.45) is 0. The van der Waals surface area contributed by atoms with Crippen LogP contribution < -0.4 is 5.32 Å². The first-order chi connectivity index (χ1) is 8.90. The third-order valence-electron chi connectivity index (χ3n) is 2.53. The van der Waals surface area contributed by atoms with Crippen LogP contribution in [0.3, 0.4) is 0 Å². The first-order valence-corrected chi connectivity index (χ1v) is 6.21. The monoisotopic (exact) mass is 264 g/mol. The summed E-state index contributed by atoms with van der Waals surface area (Å²) in [7, 11) is 1.56. The van der Waals surface area contributed by atoms with Gasteiger partial charge in [0.15, 0.2) is 0 Å². The number of amides is 2. The predicted octanol–water partition coefficient (Wildman–Crippen LogP) is 1.24. The van der Waals surface area contributed by atoms with E-state index >= 15 is 0 Å². The molecule has 2 N–H and O–H groups in total. The Bertz CT molecular complexity index is 458. The van der Waals surface area contributed by atoms with Crippen LogP contribution in [0, 0.1) is 5.92 Å². The molecular formula is C14H20N2O3. The number of phenols is 1. The molecule has 1 rings (SSSR count). The van der Waals surface area contributed by atoms with Gasteiger partial charge in [0.2, 0.25) is 5.91 Å². The summed E-state index contributed by atoms with van der Waals surface area (Å²) in [5, 5.41) is 12.1. The zero-order valence-electron chi connectivity index (χ0n) is 11.5. The van der Waals surface area contributed by atoms with E-state index in [0.29, 0.717) is 18.0 Å². The molecule has 0 fully saturated rings. The molecule has 0 aliphatic rings. The van der Waals surface area contributed by atoms with E-state index in [-0.39, 0.29) is 24.1 Å². The highest BCUT2D eigenvalue weighted by molar-refractivity contribution is 5.96. The molecule has 19 heavy (non-hydrogen) atoms. The zero-order chi connectivity index (χ0) is 14.4.